The minimum Gasteiger partial charge on any atom is -0.293 e. The van der Waals surface area contributed by atoms with E-state index < -0.39 is 0 Å². The first kappa shape index (κ1) is 14.1. The van der Waals surface area contributed by atoms with Crippen molar-refractivity contribution in [3.05, 3.63) is 35.2 Å². The van der Waals surface area contributed by atoms with Crippen molar-refractivity contribution < 1.29 is 0 Å². The van der Waals surface area contributed by atoms with Gasteiger partial charge in [-0.1, -0.05) is 24.6 Å². The monoisotopic (exact) mass is 317 g/mol. The van der Waals surface area contributed by atoms with Crippen LogP contribution >= 0.6 is 23.1 Å². The van der Waals surface area contributed by atoms with Gasteiger partial charge in [-0.3, -0.25) is 4.90 Å². The van der Waals surface area contributed by atoms with Crippen molar-refractivity contribution in [2.24, 2.45) is 0 Å². The van der Waals surface area contributed by atoms with Crippen molar-refractivity contribution >= 4 is 33.2 Å². The van der Waals surface area contributed by atoms with Gasteiger partial charge >= 0.3 is 0 Å². The summed E-state index contributed by atoms with van der Waals surface area (Å²) in [5, 5.41) is 1.44. The Morgan fingerprint density at radius 2 is 1.71 bits per heavy atom. The normalized spacial score (nSPS) is 23.4. The van der Waals surface area contributed by atoms with Gasteiger partial charge < -0.3 is 0 Å². The predicted octanol–water partition coefficient (Wildman–Crippen LogP) is 5.11. The standard InChI is InChI=1S/C18H23NS2/c1-4-10-19(11-5-1)18(8-12-20-13-9-18)17-14-15-6-2-3-7-16(15)21-17/h2-3,6-7,14H,1,4-5,8-13H2. The van der Waals surface area contributed by atoms with E-state index >= 15 is 0 Å². The molecule has 2 saturated heterocycles. The second-order valence-corrected chi connectivity index (χ2v) is 8.65. The Bertz CT molecular complexity index is 573. The summed E-state index contributed by atoms with van der Waals surface area (Å²) in [6.45, 7) is 2.61. The number of fused-ring (bicyclic) bond motifs is 1. The summed E-state index contributed by atoms with van der Waals surface area (Å²) < 4.78 is 1.46. The molecule has 0 saturated carbocycles. The Morgan fingerprint density at radius 1 is 0.952 bits per heavy atom. The first-order valence-electron chi connectivity index (χ1n) is 8.20. The maximum absolute atomic E-state index is 2.83. The predicted molar refractivity (Wildman–Crippen MR) is 95.5 cm³/mol. The van der Waals surface area contributed by atoms with Crippen LogP contribution in [0.2, 0.25) is 0 Å². The molecule has 2 fully saturated rings. The summed E-state index contributed by atoms with van der Waals surface area (Å²) in [5.74, 6) is 2.65. The summed E-state index contributed by atoms with van der Waals surface area (Å²) in [6, 6.07) is 11.4. The van der Waals surface area contributed by atoms with Gasteiger partial charge in [0.25, 0.3) is 0 Å². The highest BCUT2D eigenvalue weighted by Gasteiger charge is 2.41. The maximum Gasteiger partial charge on any atom is 0.0569 e. The van der Waals surface area contributed by atoms with Crippen LogP contribution in [-0.2, 0) is 5.54 Å². The first-order valence-corrected chi connectivity index (χ1v) is 10.2. The molecule has 0 radical (unpaired) electrons. The van der Waals surface area contributed by atoms with E-state index in [2.05, 4.69) is 47.0 Å². The van der Waals surface area contributed by atoms with E-state index in [1.54, 1.807) is 4.88 Å². The van der Waals surface area contributed by atoms with Crippen LogP contribution in [0.15, 0.2) is 30.3 Å². The van der Waals surface area contributed by atoms with Gasteiger partial charge in [0.15, 0.2) is 0 Å². The van der Waals surface area contributed by atoms with Crippen molar-refractivity contribution in [2.75, 3.05) is 24.6 Å². The molecule has 1 nitrogen and oxygen atoms in total. The zero-order valence-electron chi connectivity index (χ0n) is 12.5. The third-order valence-electron chi connectivity index (χ3n) is 5.17. The SMILES string of the molecule is c1ccc2sc(C3(N4CCCCC4)CCSCC3)cc2c1. The molecule has 2 aliphatic heterocycles. The van der Waals surface area contributed by atoms with Crippen LogP contribution in [0, 0.1) is 0 Å². The summed E-state index contributed by atoms with van der Waals surface area (Å²) in [6.07, 6.45) is 6.88. The van der Waals surface area contributed by atoms with Crippen molar-refractivity contribution in [1.29, 1.82) is 0 Å². The van der Waals surface area contributed by atoms with Crippen LogP contribution in [0.5, 0.6) is 0 Å². The highest BCUT2D eigenvalue weighted by atomic mass is 32.2. The minimum atomic E-state index is 0.343. The number of benzene rings is 1. The van der Waals surface area contributed by atoms with E-state index in [0.29, 0.717) is 5.54 Å². The number of thiophene rings is 1. The molecule has 0 unspecified atom stereocenters. The van der Waals surface area contributed by atoms with Crippen LogP contribution in [0.25, 0.3) is 10.1 Å². The van der Waals surface area contributed by atoms with Gasteiger partial charge in [0, 0.05) is 9.58 Å². The molecule has 2 aliphatic rings. The summed E-state index contributed by atoms with van der Waals surface area (Å²) in [5.41, 5.74) is 0.343. The molecule has 3 heterocycles. The van der Waals surface area contributed by atoms with Crippen LogP contribution in [-0.4, -0.2) is 29.5 Å². The molecule has 112 valence electrons. The van der Waals surface area contributed by atoms with Gasteiger partial charge in [0.2, 0.25) is 0 Å². The van der Waals surface area contributed by atoms with Gasteiger partial charge in [-0.05, 0) is 67.8 Å². The Kier molecular flexibility index (Phi) is 3.99. The number of likely N-dealkylation sites (tertiary alicyclic amines) is 1. The Hall–Kier alpha value is -0.510. The summed E-state index contributed by atoms with van der Waals surface area (Å²) in [7, 11) is 0. The lowest BCUT2D eigenvalue weighted by molar-refractivity contribution is 0.0583. The molecule has 0 aliphatic carbocycles. The van der Waals surface area contributed by atoms with E-state index in [-0.39, 0.29) is 0 Å². The topological polar surface area (TPSA) is 3.24 Å². The lowest BCUT2D eigenvalue weighted by Crippen LogP contribution is -2.50. The van der Waals surface area contributed by atoms with E-state index in [9.17, 15) is 0 Å². The van der Waals surface area contributed by atoms with Gasteiger partial charge in [0.1, 0.15) is 0 Å². The van der Waals surface area contributed by atoms with E-state index in [0.717, 1.165) is 0 Å². The zero-order chi connectivity index (χ0) is 14.1. The Morgan fingerprint density at radius 3 is 2.48 bits per heavy atom. The molecule has 0 atom stereocenters. The number of hydrogen-bond acceptors (Lipinski definition) is 3. The lowest BCUT2D eigenvalue weighted by atomic mass is 9.86. The first-order chi connectivity index (χ1) is 10.4. The van der Waals surface area contributed by atoms with Gasteiger partial charge in [-0.25, -0.2) is 0 Å². The fourth-order valence-corrected chi connectivity index (χ4v) is 6.47. The molecule has 0 N–H and O–H groups in total. The molecule has 0 bridgehead atoms. The van der Waals surface area contributed by atoms with E-state index in [1.807, 2.05) is 11.3 Å². The maximum atomic E-state index is 2.83. The number of hydrogen-bond donors (Lipinski definition) is 0. The smallest absolute Gasteiger partial charge is 0.0569 e. The second kappa shape index (κ2) is 5.94. The molecule has 2 aromatic rings. The van der Waals surface area contributed by atoms with Crippen molar-refractivity contribution in [3.63, 3.8) is 0 Å². The number of thioether (sulfide) groups is 1. The quantitative estimate of drug-likeness (QED) is 0.757. The van der Waals surface area contributed by atoms with E-state index in [1.165, 1.54) is 66.8 Å². The zero-order valence-corrected chi connectivity index (χ0v) is 14.1. The fraction of sp³-hybridized carbons (Fsp3) is 0.556. The van der Waals surface area contributed by atoms with Crippen molar-refractivity contribution in [2.45, 2.75) is 37.6 Å². The number of rotatable bonds is 2. The van der Waals surface area contributed by atoms with Gasteiger partial charge in [0.05, 0.1) is 5.54 Å². The second-order valence-electron chi connectivity index (χ2n) is 6.34. The molecule has 0 spiro atoms. The molecular weight excluding hydrogens is 294 g/mol. The average molecular weight is 318 g/mol. The average Bonchev–Trinajstić information content (AvgIpc) is 3.01. The van der Waals surface area contributed by atoms with Crippen molar-refractivity contribution in [1.82, 2.24) is 4.90 Å². The van der Waals surface area contributed by atoms with Gasteiger partial charge in [-0.2, -0.15) is 11.8 Å². The van der Waals surface area contributed by atoms with Crippen molar-refractivity contribution in [3.8, 4) is 0 Å². The van der Waals surface area contributed by atoms with Crippen LogP contribution in [0.3, 0.4) is 0 Å². The highest BCUT2D eigenvalue weighted by molar-refractivity contribution is 7.99. The molecular formula is C18H23NS2. The van der Waals surface area contributed by atoms with Crippen LogP contribution < -0.4 is 0 Å². The molecule has 0 amide bonds. The highest BCUT2D eigenvalue weighted by Crippen LogP contribution is 2.46. The van der Waals surface area contributed by atoms with Gasteiger partial charge in [-0.15, -0.1) is 11.3 Å². The molecule has 21 heavy (non-hydrogen) atoms. The lowest BCUT2D eigenvalue weighted by Gasteiger charge is -2.47. The molecule has 4 rings (SSSR count). The summed E-state index contributed by atoms with van der Waals surface area (Å²) >= 11 is 4.19. The third kappa shape index (κ3) is 2.54. The minimum absolute atomic E-state index is 0.343. The number of piperidine rings is 1. The Balaban J connectivity index is 1.77. The van der Waals surface area contributed by atoms with Crippen LogP contribution in [0.4, 0.5) is 0 Å². The third-order valence-corrected chi connectivity index (χ3v) is 7.46. The molecule has 1 aromatic carbocycles. The number of nitrogens with zero attached hydrogens (tertiary/aromatic N) is 1. The van der Waals surface area contributed by atoms with Crippen LogP contribution in [0.1, 0.15) is 37.0 Å². The molecule has 1 aromatic heterocycles. The largest absolute Gasteiger partial charge is 0.293 e. The Labute approximate surface area is 135 Å². The fourth-order valence-electron chi connectivity index (χ4n) is 3.96. The van der Waals surface area contributed by atoms with E-state index in [4.69, 9.17) is 0 Å². The summed E-state index contributed by atoms with van der Waals surface area (Å²) in [4.78, 5) is 4.46. The molecule has 3 heteroatoms.